The summed E-state index contributed by atoms with van der Waals surface area (Å²) in [5, 5.41) is 6.11. The molecule has 3 amide bonds. The number of fused-ring (bicyclic) bond motifs is 1. The summed E-state index contributed by atoms with van der Waals surface area (Å²) in [5.41, 5.74) is -0.339. The van der Waals surface area contributed by atoms with Gasteiger partial charge in [-0.25, -0.2) is 4.39 Å². The van der Waals surface area contributed by atoms with Gasteiger partial charge in [0, 0.05) is 28.7 Å². The van der Waals surface area contributed by atoms with Gasteiger partial charge in [-0.3, -0.25) is 14.4 Å². The molecule has 1 spiro atoms. The molecule has 3 aliphatic heterocycles. The van der Waals surface area contributed by atoms with Gasteiger partial charge >= 0.3 is 0 Å². The molecule has 2 aromatic carbocycles. The molecule has 7 nitrogen and oxygen atoms in total. The van der Waals surface area contributed by atoms with E-state index in [0.29, 0.717) is 11.3 Å². The number of likely N-dealkylation sites (tertiary alicyclic amines) is 1. The number of thioether (sulfide) groups is 1. The van der Waals surface area contributed by atoms with Crippen molar-refractivity contribution in [1.29, 1.82) is 0 Å². The molecular formula is C30H32FN3O4S. The van der Waals surface area contributed by atoms with Gasteiger partial charge in [0.25, 0.3) is 0 Å². The number of carbonyl (C=O) groups excluding carboxylic acids is 3. The van der Waals surface area contributed by atoms with Crippen LogP contribution in [0.15, 0.2) is 65.6 Å². The average molecular weight is 550 g/mol. The van der Waals surface area contributed by atoms with E-state index in [9.17, 15) is 18.8 Å². The van der Waals surface area contributed by atoms with Crippen molar-refractivity contribution in [3.05, 3.63) is 72.1 Å². The number of rotatable bonds is 7. The van der Waals surface area contributed by atoms with Crippen molar-refractivity contribution in [2.45, 2.75) is 67.3 Å². The Morgan fingerprint density at radius 1 is 1.10 bits per heavy atom. The lowest BCUT2D eigenvalue weighted by Crippen LogP contribution is -2.56. The largest absolute Gasteiger partial charge is 0.359 e. The fourth-order valence-corrected chi connectivity index (χ4v) is 7.16. The lowest BCUT2D eigenvalue weighted by Gasteiger charge is -2.34. The van der Waals surface area contributed by atoms with Gasteiger partial charge in [0.15, 0.2) is 0 Å². The van der Waals surface area contributed by atoms with E-state index in [2.05, 4.69) is 10.6 Å². The van der Waals surface area contributed by atoms with Crippen molar-refractivity contribution in [1.82, 2.24) is 10.2 Å². The molecule has 4 aliphatic rings. The Balaban J connectivity index is 1.33. The van der Waals surface area contributed by atoms with Gasteiger partial charge in [0.1, 0.15) is 17.5 Å². The molecule has 3 fully saturated rings. The fourth-order valence-electron chi connectivity index (χ4n) is 6.70. The molecule has 5 atom stereocenters. The maximum absolute atomic E-state index is 14.7. The number of hydrogen-bond donors (Lipinski definition) is 2. The highest BCUT2D eigenvalue weighted by atomic mass is 32.2. The second kappa shape index (κ2) is 10.4. The molecule has 2 N–H and O–H groups in total. The lowest BCUT2D eigenvalue weighted by atomic mass is 9.74. The summed E-state index contributed by atoms with van der Waals surface area (Å²) >= 11 is 1.57. The second-order valence-corrected chi connectivity index (χ2v) is 11.7. The quantitative estimate of drug-likeness (QED) is 0.398. The molecule has 204 valence electrons. The topological polar surface area (TPSA) is 87.7 Å². The normalized spacial score (nSPS) is 29.5. The Bertz CT molecular complexity index is 1330. The third kappa shape index (κ3) is 4.55. The minimum absolute atomic E-state index is 0.0255. The van der Waals surface area contributed by atoms with Gasteiger partial charge in [0.05, 0.1) is 17.9 Å². The highest BCUT2D eigenvalue weighted by Gasteiger charge is 2.72. The maximum atomic E-state index is 14.7. The first-order chi connectivity index (χ1) is 18.9. The van der Waals surface area contributed by atoms with Crippen LogP contribution >= 0.6 is 11.8 Å². The van der Waals surface area contributed by atoms with Gasteiger partial charge in [-0.2, -0.15) is 0 Å². The molecule has 2 bridgehead atoms. The molecule has 1 saturated carbocycles. The SMILES string of the molecule is CSc1cccc(NC(=O)C2[C@@H]3C=CC4(O3)C(C(=O)NC3CCCCC3)N(Cc3ccccc3F)C(=O)[C@H]24)c1. The third-order valence-corrected chi connectivity index (χ3v) is 9.24. The number of carbonyl (C=O) groups is 3. The molecule has 3 heterocycles. The van der Waals surface area contributed by atoms with E-state index in [4.69, 9.17) is 4.74 Å². The molecule has 0 aromatic heterocycles. The van der Waals surface area contributed by atoms with Gasteiger partial charge in [-0.15, -0.1) is 11.8 Å². The van der Waals surface area contributed by atoms with Crippen molar-refractivity contribution < 1.29 is 23.5 Å². The van der Waals surface area contributed by atoms with Crippen LogP contribution in [0.2, 0.25) is 0 Å². The van der Waals surface area contributed by atoms with E-state index in [0.717, 1.165) is 37.0 Å². The van der Waals surface area contributed by atoms with E-state index >= 15 is 0 Å². The third-order valence-electron chi connectivity index (χ3n) is 8.51. The zero-order valence-electron chi connectivity index (χ0n) is 21.8. The highest BCUT2D eigenvalue weighted by molar-refractivity contribution is 7.98. The predicted octanol–water partition coefficient (Wildman–Crippen LogP) is 4.29. The van der Waals surface area contributed by atoms with Crippen LogP contribution in [-0.2, 0) is 25.7 Å². The standard InChI is InChI=1S/C30H32FN3O4S/c1-39-21-12-7-11-20(16-21)33-27(35)24-23-14-15-30(38-23)25(24)29(37)34(17-18-8-5-6-13-22(18)31)26(30)28(36)32-19-9-3-2-4-10-19/h5-8,11-16,19,23-26H,2-4,9-10,17H2,1H3,(H,32,36)(H,33,35)/t23-,24?,25-,26?,30?/m0/s1. The maximum Gasteiger partial charge on any atom is 0.246 e. The van der Waals surface area contributed by atoms with E-state index < -0.39 is 35.4 Å². The molecule has 6 rings (SSSR count). The number of nitrogens with one attached hydrogen (secondary N) is 2. The van der Waals surface area contributed by atoms with Crippen LogP contribution in [0.5, 0.6) is 0 Å². The van der Waals surface area contributed by atoms with Crippen LogP contribution in [-0.4, -0.2) is 52.7 Å². The molecule has 1 aliphatic carbocycles. The van der Waals surface area contributed by atoms with Gasteiger partial charge in [0.2, 0.25) is 17.7 Å². The number of amides is 3. The molecule has 9 heteroatoms. The van der Waals surface area contributed by atoms with Gasteiger partial charge in [-0.05, 0) is 43.4 Å². The number of nitrogens with zero attached hydrogens (tertiary/aromatic N) is 1. The van der Waals surface area contributed by atoms with E-state index in [1.807, 2.05) is 24.5 Å². The molecule has 2 aromatic rings. The molecular weight excluding hydrogens is 517 g/mol. The molecule has 2 saturated heterocycles. The summed E-state index contributed by atoms with van der Waals surface area (Å²) in [6.07, 6.45) is 9.90. The Hall–Kier alpha value is -3.17. The molecule has 0 radical (unpaired) electrons. The summed E-state index contributed by atoms with van der Waals surface area (Å²) in [5.74, 6) is -3.15. The molecule has 3 unspecified atom stereocenters. The summed E-state index contributed by atoms with van der Waals surface area (Å²) < 4.78 is 21.1. The molecule has 39 heavy (non-hydrogen) atoms. The number of anilines is 1. The second-order valence-electron chi connectivity index (χ2n) is 10.8. The van der Waals surface area contributed by atoms with Crippen LogP contribution in [0.25, 0.3) is 0 Å². The minimum Gasteiger partial charge on any atom is -0.359 e. The van der Waals surface area contributed by atoms with Crippen LogP contribution < -0.4 is 10.6 Å². The van der Waals surface area contributed by atoms with Crippen molar-refractivity contribution in [2.24, 2.45) is 11.8 Å². The Kier molecular flexibility index (Phi) is 6.97. The first kappa shape index (κ1) is 26.1. The Morgan fingerprint density at radius 3 is 2.67 bits per heavy atom. The van der Waals surface area contributed by atoms with Crippen molar-refractivity contribution in [3.63, 3.8) is 0 Å². The fraction of sp³-hybridized carbons (Fsp3) is 0.433. The van der Waals surface area contributed by atoms with Crippen LogP contribution in [0.3, 0.4) is 0 Å². The summed E-state index contributed by atoms with van der Waals surface area (Å²) in [7, 11) is 0. The van der Waals surface area contributed by atoms with E-state index in [1.54, 1.807) is 48.2 Å². The first-order valence-electron chi connectivity index (χ1n) is 13.6. The Labute approximate surface area is 231 Å². The van der Waals surface area contributed by atoms with Crippen LogP contribution in [0, 0.1) is 17.7 Å². The number of benzene rings is 2. The average Bonchev–Trinajstić information content (AvgIpc) is 3.58. The van der Waals surface area contributed by atoms with E-state index in [1.165, 1.54) is 11.0 Å². The smallest absolute Gasteiger partial charge is 0.246 e. The number of hydrogen-bond acceptors (Lipinski definition) is 5. The van der Waals surface area contributed by atoms with Crippen molar-refractivity contribution in [2.75, 3.05) is 11.6 Å². The first-order valence-corrected chi connectivity index (χ1v) is 14.8. The van der Waals surface area contributed by atoms with E-state index in [-0.39, 0.29) is 30.3 Å². The summed E-state index contributed by atoms with van der Waals surface area (Å²) in [6, 6.07) is 12.8. The van der Waals surface area contributed by atoms with Crippen LogP contribution in [0.4, 0.5) is 10.1 Å². The van der Waals surface area contributed by atoms with Crippen molar-refractivity contribution >= 4 is 35.2 Å². The van der Waals surface area contributed by atoms with Gasteiger partial charge in [-0.1, -0.05) is 55.7 Å². The number of ether oxygens (including phenoxy) is 1. The lowest BCUT2D eigenvalue weighted by molar-refractivity contribution is -0.142. The Morgan fingerprint density at radius 2 is 1.90 bits per heavy atom. The summed E-state index contributed by atoms with van der Waals surface area (Å²) in [4.78, 5) is 44.0. The summed E-state index contributed by atoms with van der Waals surface area (Å²) in [6.45, 7) is -0.0848. The number of halogens is 1. The predicted molar refractivity (Wildman–Crippen MR) is 146 cm³/mol. The minimum atomic E-state index is -1.28. The zero-order valence-corrected chi connectivity index (χ0v) is 22.6. The van der Waals surface area contributed by atoms with Gasteiger partial charge < -0.3 is 20.3 Å². The zero-order chi connectivity index (χ0) is 27.1. The van der Waals surface area contributed by atoms with Crippen molar-refractivity contribution in [3.8, 4) is 0 Å². The van der Waals surface area contributed by atoms with Crippen LogP contribution in [0.1, 0.15) is 37.7 Å². The highest BCUT2D eigenvalue weighted by Crippen LogP contribution is 2.55. The monoisotopic (exact) mass is 549 g/mol.